The van der Waals surface area contributed by atoms with E-state index in [1.807, 2.05) is 0 Å². The van der Waals surface area contributed by atoms with Crippen LogP contribution in [0, 0.1) is 5.92 Å². The first-order valence-corrected chi connectivity index (χ1v) is 16.0. The van der Waals surface area contributed by atoms with Gasteiger partial charge in [0, 0.05) is 0 Å². The molecule has 0 heterocycles. The van der Waals surface area contributed by atoms with E-state index in [-0.39, 0.29) is 0 Å². The molecule has 0 saturated heterocycles. The molecule has 0 saturated carbocycles. The maximum atomic E-state index is 6.98. The van der Waals surface area contributed by atoms with Crippen LogP contribution in [0.1, 0.15) is 112 Å². The molecule has 0 aliphatic rings. The van der Waals surface area contributed by atoms with E-state index in [0.29, 0.717) is 0 Å². The zero-order valence-electron chi connectivity index (χ0n) is 18.5. The number of hydrogen-bond donors (Lipinski definition) is 0. The molecule has 0 N–H and O–H groups in total. The van der Waals surface area contributed by atoms with Crippen LogP contribution in [0.5, 0.6) is 0 Å². The van der Waals surface area contributed by atoms with Crippen LogP contribution in [-0.2, 0) is 2.84 Å². The van der Waals surface area contributed by atoms with Crippen LogP contribution < -0.4 is 0 Å². The summed E-state index contributed by atoms with van der Waals surface area (Å²) in [7, 11) is 0. The normalized spacial score (nSPS) is 11.3. The maximum Gasteiger partial charge on any atom is 0.430 e. The molecule has 0 aromatic carbocycles. The Morgan fingerprint density at radius 2 is 0.960 bits per heavy atom. The van der Waals surface area contributed by atoms with Gasteiger partial charge in [0.25, 0.3) is 0 Å². The molecule has 0 aliphatic carbocycles. The van der Waals surface area contributed by atoms with Crippen LogP contribution in [0.25, 0.3) is 0 Å². The number of hydrogen-bond acceptors (Lipinski definition) is 1. The van der Waals surface area contributed by atoms with Crippen LogP contribution in [-0.4, -0.2) is 29.0 Å². The van der Waals surface area contributed by atoms with Gasteiger partial charge in [-0.2, -0.15) is 0 Å². The average Bonchev–Trinajstić information content (AvgIpc) is 2.58. The monoisotopic (exact) mass is 382 g/mol. The second kappa shape index (κ2) is 19.8. The van der Waals surface area contributed by atoms with Crippen LogP contribution in [0.2, 0.25) is 21.1 Å². The van der Waals surface area contributed by atoms with Gasteiger partial charge in [-0.05, 0) is 0 Å². The van der Waals surface area contributed by atoms with E-state index >= 15 is 0 Å². The highest BCUT2D eigenvalue weighted by Gasteiger charge is 2.28. The summed E-state index contributed by atoms with van der Waals surface area (Å²) in [4.78, 5) is 0. The summed E-state index contributed by atoms with van der Waals surface area (Å²) in [5, 5.41) is 5.79. The zero-order chi connectivity index (χ0) is 18.8. The average molecular weight is 383 g/mol. The summed E-state index contributed by atoms with van der Waals surface area (Å²) >= 11 is -1.88. The number of rotatable bonds is 19. The summed E-state index contributed by atoms with van der Waals surface area (Å²) in [5.74, 6) is 0.831. The highest BCUT2D eigenvalue weighted by molar-refractivity contribution is 6.66. The fraction of sp³-hybridized carbons (Fsp3) is 1.00. The van der Waals surface area contributed by atoms with E-state index < -0.39 is 29.0 Å². The van der Waals surface area contributed by atoms with E-state index in [9.17, 15) is 0 Å². The quantitative estimate of drug-likeness (QED) is 0.161. The first kappa shape index (κ1) is 26.0. The van der Waals surface area contributed by atoms with Crippen molar-refractivity contribution in [3.63, 3.8) is 0 Å². The summed E-state index contributed by atoms with van der Waals surface area (Å²) in [6.45, 7) is 11.7. The lowest BCUT2D eigenvalue weighted by molar-refractivity contribution is 0.528. The Labute approximate surface area is 170 Å². The molecule has 0 bridgehead atoms. The van der Waals surface area contributed by atoms with E-state index in [0.717, 1.165) is 5.92 Å². The Kier molecular flexibility index (Phi) is 20.6. The zero-order valence-corrected chi connectivity index (χ0v) is 20.8. The second-order valence-corrected chi connectivity index (χ2v) is 14.3. The van der Waals surface area contributed by atoms with Gasteiger partial charge in [0.05, 0.1) is 0 Å². The SMILES string of the molecule is CCCCC[CH2][Al]([CH2]CCCCC)[O][Al]([CH2]CCCCC)[CH2]C(C)C. The fourth-order valence-corrected chi connectivity index (χ4v) is 11.8. The van der Waals surface area contributed by atoms with Crippen LogP contribution in [0.4, 0.5) is 0 Å². The lowest BCUT2D eigenvalue weighted by Crippen LogP contribution is -2.30. The van der Waals surface area contributed by atoms with Gasteiger partial charge >= 0.3 is 29.0 Å². The van der Waals surface area contributed by atoms with Gasteiger partial charge in [-0.1, -0.05) is 139 Å². The molecule has 0 aromatic rings. The van der Waals surface area contributed by atoms with E-state index in [1.54, 1.807) is 0 Å². The molecule has 3 heteroatoms. The van der Waals surface area contributed by atoms with Crippen molar-refractivity contribution in [1.29, 1.82) is 0 Å². The molecule has 0 amide bonds. The van der Waals surface area contributed by atoms with Crippen molar-refractivity contribution < 1.29 is 2.84 Å². The summed E-state index contributed by atoms with van der Waals surface area (Å²) in [6, 6.07) is 0. The highest BCUT2D eigenvalue weighted by atomic mass is 27.3. The van der Waals surface area contributed by atoms with Gasteiger partial charge in [-0.15, -0.1) is 0 Å². The van der Waals surface area contributed by atoms with E-state index in [4.69, 9.17) is 2.84 Å². The first-order chi connectivity index (χ1) is 12.1. The Balaban J connectivity index is 4.38. The molecule has 0 radical (unpaired) electrons. The third-order valence-corrected chi connectivity index (χ3v) is 13.0. The van der Waals surface area contributed by atoms with Gasteiger partial charge in [-0.3, -0.25) is 0 Å². The molecule has 0 unspecified atom stereocenters. The fourth-order valence-electron chi connectivity index (χ4n) is 3.72. The van der Waals surface area contributed by atoms with E-state index in [2.05, 4.69) is 34.6 Å². The van der Waals surface area contributed by atoms with Gasteiger partial charge in [0.1, 0.15) is 0 Å². The predicted molar refractivity (Wildman–Crippen MR) is 119 cm³/mol. The lowest BCUT2D eigenvalue weighted by Gasteiger charge is -2.22. The molecule has 0 rings (SSSR count). The second-order valence-electron chi connectivity index (χ2n) is 8.56. The van der Waals surface area contributed by atoms with Crippen molar-refractivity contribution in [2.24, 2.45) is 5.92 Å². The summed E-state index contributed by atoms with van der Waals surface area (Å²) in [5.41, 5.74) is 0. The van der Waals surface area contributed by atoms with Crippen LogP contribution >= 0.6 is 0 Å². The molecule has 0 spiro atoms. The molecule has 0 aromatic heterocycles. The van der Waals surface area contributed by atoms with Crippen molar-refractivity contribution in [2.75, 3.05) is 0 Å². The van der Waals surface area contributed by atoms with Gasteiger partial charge in [-0.25, -0.2) is 0 Å². The molecular weight excluding hydrogens is 334 g/mol. The molecule has 25 heavy (non-hydrogen) atoms. The van der Waals surface area contributed by atoms with E-state index in [1.165, 1.54) is 98.2 Å². The van der Waals surface area contributed by atoms with Crippen LogP contribution in [0.3, 0.4) is 0 Å². The van der Waals surface area contributed by atoms with Gasteiger partial charge in [0.2, 0.25) is 0 Å². The predicted octanol–water partition coefficient (Wildman–Crippen LogP) is 8.38. The molecular formula is C22H48Al2O. The Morgan fingerprint density at radius 1 is 0.560 bits per heavy atom. The minimum atomic E-state index is -0.948. The van der Waals surface area contributed by atoms with Crippen molar-refractivity contribution in [3.05, 3.63) is 0 Å². The largest absolute Gasteiger partial charge is 0.636 e. The minimum Gasteiger partial charge on any atom is -0.636 e. The lowest BCUT2D eigenvalue weighted by atomic mass is 10.2. The first-order valence-electron chi connectivity index (χ1n) is 11.8. The van der Waals surface area contributed by atoms with Gasteiger partial charge in [0.15, 0.2) is 0 Å². The summed E-state index contributed by atoms with van der Waals surface area (Å²) in [6.07, 6.45) is 16.9. The smallest absolute Gasteiger partial charge is 0.430 e. The van der Waals surface area contributed by atoms with Crippen molar-refractivity contribution >= 4 is 29.0 Å². The third-order valence-electron chi connectivity index (χ3n) is 5.26. The Morgan fingerprint density at radius 3 is 1.32 bits per heavy atom. The molecule has 1 nitrogen and oxygen atoms in total. The minimum absolute atomic E-state index is 0.831. The molecule has 148 valence electrons. The third kappa shape index (κ3) is 18.2. The highest BCUT2D eigenvalue weighted by Crippen LogP contribution is 2.21. The Hall–Kier alpha value is 1.02. The van der Waals surface area contributed by atoms with Gasteiger partial charge < -0.3 is 2.84 Å². The number of unbranched alkanes of at least 4 members (excludes halogenated alkanes) is 9. The molecule has 0 aliphatic heterocycles. The van der Waals surface area contributed by atoms with Crippen molar-refractivity contribution in [3.8, 4) is 0 Å². The standard InChI is InChI=1S/3C6H13.C4H9.2Al.O/c3*1-3-5-6-4-2;1-4(2)3;;;/h3*1,3-6H2,2H3;4H,1H2,2-3H3;;;. The molecule has 0 fully saturated rings. The topological polar surface area (TPSA) is 9.23 Å². The summed E-state index contributed by atoms with van der Waals surface area (Å²) < 4.78 is 6.98. The van der Waals surface area contributed by atoms with Crippen molar-refractivity contribution in [2.45, 2.75) is 133 Å². The Bertz CT molecular complexity index is 246. The maximum absolute atomic E-state index is 6.98. The van der Waals surface area contributed by atoms with Crippen LogP contribution in [0.15, 0.2) is 0 Å². The molecule has 0 atom stereocenters. The van der Waals surface area contributed by atoms with Crippen molar-refractivity contribution in [1.82, 2.24) is 0 Å².